The average molecular weight is 336 g/mol. The van der Waals surface area contributed by atoms with Crippen LogP contribution >= 0.6 is 11.8 Å². The number of hydrogen-bond acceptors (Lipinski definition) is 6. The summed E-state index contributed by atoms with van der Waals surface area (Å²) in [6.45, 7) is 0. The first kappa shape index (κ1) is 19.5. The average Bonchev–Trinajstić information content (AvgIpc) is 2.58. The zero-order valence-electron chi connectivity index (χ0n) is 13.5. The van der Waals surface area contributed by atoms with Crippen molar-refractivity contribution in [3.05, 3.63) is 30.1 Å². The van der Waals surface area contributed by atoms with Crippen LogP contribution in [0.3, 0.4) is 0 Å². The molecular weight excluding hydrogens is 312 g/mol. The summed E-state index contributed by atoms with van der Waals surface area (Å²) in [6, 6.07) is 7.77. The second-order valence-electron chi connectivity index (χ2n) is 5.43. The number of nitrogens with zero attached hydrogens (tertiary/aromatic N) is 2. The van der Waals surface area contributed by atoms with Crippen molar-refractivity contribution in [2.24, 2.45) is 0 Å². The van der Waals surface area contributed by atoms with Gasteiger partial charge in [-0.15, -0.1) is 0 Å². The molecular formula is C17H24N2O3S. The van der Waals surface area contributed by atoms with Gasteiger partial charge in [0.15, 0.2) is 5.60 Å². The van der Waals surface area contributed by atoms with E-state index in [0.717, 1.165) is 43.6 Å². The van der Waals surface area contributed by atoms with Crippen molar-refractivity contribution in [2.45, 2.75) is 44.1 Å². The lowest BCUT2D eigenvalue weighted by molar-refractivity contribution is -0.143. The van der Waals surface area contributed by atoms with Crippen LogP contribution in [0.15, 0.2) is 24.4 Å². The third-order valence-electron chi connectivity index (χ3n) is 3.41. The van der Waals surface area contributed by atoms with E-state index in [0.29, 0.717) is 0 Å². The van der Waals surface area contributed by atoms with Gasteiger partial charge in [-0.25, -0.2) is 0 Å². The number of pyridine rings is 1. The summed E-state index contributed by atoms with van der Waals surface area (Å²) in [5.41, 5.74) is -0.500. The van der Waals surface area contributed by atoms with Crippen LogP contribution in [-0.4, -0.2) is 40.3 Å². The van der Waals surface area contributed by atoms with E-state index in [1.165, 1.54) is 18.9 Å². The summed E-state index contributed by atoms with van der Waals surface area (Å²) in [5, 5.41) is 19.0. The standard InChI is InChI=1S/C17H24N2O3S/c1-22-16(20)12-17(21,13-18)14-23-11-7-3-2-4-8-15-9-5-6-10-19-15/h5-6,9-10,21H,2-4,7-8,11-12,14H2,1H3. The SMILES string of the molecule is COC(=O)CC(O)(C#N)CSCCCCCCc1ccccn1. The Kier molecular flexibility index (Phi) is 9.34. The Morgan fingerprint density at radius 1 is 1.39 bits per heavy atom. The number of hydrogen-bond donors (Lipinski definition) is 1. The van der Waals surface area contributed by atoms with Crippen LogP contribution in [0.5, 0.6) is 0 Å². The molecule has 1 N–H and O–H groups in total. The van der Waals surface area contributed by atoms with Crippen LogP contribution in [0.4, 0.5) is 0 Å². The highest BCUT2D eigenvalue weighted by Crippen LogP contribution is 2.19. The lowest BCUT2D eigenvalue weighted by Crippen LogP contribution is -2.33. The lowest BCUT2D eigenvalue weighted by Gasteiger charge is -2.18. The van der Waals surface area contributed by atoms with E-state index >= 15 is 0 Å². The van der Waals surface area contributed by atoms with Crippen LogP contribution in [0, 0.1) is 11.3 Å². The van der Waals surface area contributed by atoms with E-state index < -0.39 is 11.6 Å². The molecule has 1 unspecified atom stereocenters. The molecule has 0 aliphatic rings. The number of ether oxygens (including phenoxy) is 1. The van der Waals surface area contributed by atoms with E-state index in [4.69, 9.17) is 5.26 Å². The molecule has 5 nitrogen and oxygen atoms in total. The van der Waals surface area contributed by atoms with Gasteiger partial charge in [0, 0.05) is 17.6 Å². The Balaban J connectivity index is 2.06. The highest BCUT2D eigenvalue weighted by molar-refractivity contribution is 7.99. The molecule has 0 amide bonds. The van der Waals surface area contributed by atoms with Gasteiger partial charge in [-0.1, -0.05) is 18.9 Å². The maximum absolute atomic E-state index is 11.2. The minimum Gasteiger partial charge on any atom is -0.469 e. The number of aliphatic hydroxyl groups is 1. The number of aryl methyl sites for hydroxylation is 1. The molecule has 23 heavy (non-hydrogen) atoms. The molecule has 1 aromatic heterocycles. The Hall–Kier alpha value is -1.58. The second kappa shape index (κ2) is 11.0. The zero-order valence-corrected chi connectivity index (χ0v) is 14.3. The molecule has 0 bridgehead atoms. The molecule has 1 rings (SSSR count). The first-order valence-electron chi connectivity index (χ1n) is 7.78. The summed E-state index contributed by atoms with van der Waals surface area (Å²) >= 11 is 1.50. The molecule has 0 saturated carbocycles. The maximum Gasteiger partial charge on any atom is 0.309 e. The van der Waals surface area contributed by atoms with Gasteiger partial charge in [0.25, 0.3) is 0 Å². The highest BCUT2D eigenvalue weighted by atomic mass is 32.2. The van der Waals surface area contributed by atoms with Gasteiger partial charge in [0.05, 0.1) is 19.6 Å². The fourth-order valence-corrected chi connectivity index (χ4v) is 3.14. The zero-order chi connectivity index (χ0) is 17.0. The van der Waals surface area contributed by atoms with Crippen molar-refractivity contribution in [2.75, 3.05) is 18.6 Å². The smallest absolute Gasteiger partial charge is 0.309 e. The largest absolute Gasteiger partial charge is 0.469 e. The number of carbonyl (C=O) groups is 1. The number of aromatic nitrogens is 1. The van der Waals surface area contributed by atoms with Crippen LogP contribution in [0.1, 0.15) is 37.8 Å². The third-order valence-corrected chi connectivity index (χ3v) is 4.67. The molecule has 1 heterocycles. The first-order valence-corrected chi connectivity index (χ1v) is 8.93. The Morgan fingerprint density at radius 2 is 2.17 bits per heavy atom. The second-order valence-corrected chi connectivity index (χ2v) is 6.54. The molecule has 0 saturated heterocycles. The van der Waals surface area contributed by atoms with E-state index in [9.17, 15) is 9.90 Å². The summed E-state index contributed by atoms with van der Waals surface area (Å²) in [7, 11) is 1.25. The molecule has 0 spiro atoms. The molecule has 6 heteroatoms. The third kappa shape index (κ3) is 8.58. The van der Waals surface area contributed by atoms with Crippen LogP contribution in [0.25, 0.3) is 0 Å². The van der Waals surface area contributed by atoms with Crippen LogP contribution in [0.2, 0.25) is 0 Å². The summed E-state index contributed by atoms with van der Waals surface area (Å²) < 4.78 is 4.49. The minimum atomic E-state index is -1.63. The number of unbranched alkanes of at least 4 members (excludes halogenated alkanes) is 3. The predicted octanol–water partition coefficient (Wildman–Crippen LogP) is 2.74. The number of esters is 1. The van der Waals surface area contributed by atoms with Gasteiger partial charge in [-0.3, -0.25) is 9.78 Å². The molecule has 0 aliphatic carbocycles. The Morgan fingerprint density at radius 3 is 2.83 bits per heavy atom. The lowest BCUT2D eigenvalue weighted by atomic mass is 10.1. The number of rotatable bonds is 11. The number of nitriles is 1. The number of methoxy groups -OCH3 is 1. The minimum absolute atomic E-state index is 0.229. The van der Waals surface area contributed by atoms with Gasteiger partial charge in [0.1, 0.15) is 0 Å². The normalized spacial score (nSPS) is 13.1. The molecule has 0 radical (unpaired) electrons. The van der Waals surface area contributed by atoms with Gasteiger partial charge in [-0.05, 0) is 37.1 Å². The van der Waals surface area contributed by atoms with Crippen LogP contribution in [-0.2, 0) is 16.0 Å². The van der Waals surface area contributed by atoms with Crippen molar-refractivity contribution in [3.8, 4) is 6.07 Å². The van der Waals surface area contributed by atoms with Crippen molar-refractivity contribution in [3.63, 3.8) is 0 Å². The Labute approximate surface area is 142 Å². The van der Waals surface area contributed by atoms with Crippen molar-refractivity contribution >= 4 is 17.7 Å². The first-order chi connectivity index (χ1) is 11.1. The summed E-state index contributed by atoms with van der Waals surface area (Å²) in [6.07, 6.45) is 6.94. The summed E-state index contributed by atoms with van der Waals surface area (Å²) in [4.78, 5) is 15.5. The Bertz CT molecular complexity index is 504. The number of thioether (sulfide) groups is 1. The van der Waals surface area contributed by atoms with Gasteiger partial charge in [0.2, 0.25) is 0 Å². The van der Waals surface area contributed by atoms with Gasteiger partial charge in [-0.2, -0.15) is 17.0 Å². The predicted molar refractivity (Wildman–Crippen MR) is 90.9 cm³/mol. The molecule has 126 valence electrons. The molecule has 1 atom stereocenters. The molecule has 0 fully saturated rings. The highest BCUT2D eigenvalue weighted by Gasteiger charge is 2.30. The monoisotopic (exact) mass is 336 g/mol. The topological polar surface area (TPSA) is 83.2 Å². The van der Waals surface area contributed by atoms with Crippen molar-refractivity contribution in [1.82, 2.24) is 4.98 Å². The summed E-state index contributed by atoms with van der Waals surface area (Å²) in [5.74, 6) is 0.533. The van der Waals surface area contributed by atoms with Crippen molar-refractivity contribution in [1.29, 1.82) is 5.26 Å². The van der Waals surface area contributed by atoms with Crippen molar-refractivity contribution < 1.29 is 14.6 Å². The molecule has 1 aromatic rings. The van der Waals surface area contributed by atoms with E-state index in [2.05, 4.69) is 9.72 Å². The molecule has 0 aliphatic heterocycles. The van der Waals surface area contributed by atoms with Crippen LogP contribution < -0.4 is 0 Å². The van der Waals surface area contributed by atoms with Gasteiger partial charge < -0.3 is 9.84 Å². The number of carbonyl (C=O) groups excluding carboxylic acids is 1. The van der Waals surface area contributed by atoms with E-state index in [1.54, 1.807) is 6.07 Å². The quantitative estimate of drug-likeness (QED) is 0.380. The maximum atomic E-state index is 11.2. The van der Waals surface area contributed by atoms with E-state index in [-0.39, 0.29) is 12.2 Å². The van der Waals surface area contributed by atoms with E-state index in [1.807, 2.05) is 24.4 Å². The molecule has 0 aromatic carbocycles. The fourth-order valence-electron chi connectivity index (χ4n) is 2.08. The fraction of sp³-hybridized carbons (Fsp3) is 0.588. The van der Waals surface area contributed by atoms with Gasteiger partial charge >= 0.3 is 5.97 Å².